The first-order valence-electron chi connectivity index (χ1n) is 8.11. The van der Waals surface area contributed by atoms with Gasteiger partial charge in [-0.15, -0.1) is 0 Å². The highest BCUT2D eigenvalue weighted by atomic mass is 32.2. The molecule has 1 heterocycles. The van der Waals surface area contributed by atoms with E-state index >= 15 is 0 Å². The fourth-order valence-electron chi connectivity index (χ4n) is 2.51. The van der Waals surface area contributed by atoms with E-state index in [1.54, 1.807) is 0 Å². The van der Waals surface area contributed by atoms with Crippen LogP contribution in [0.5, 0.6) is 0 Å². The SMILES string of the molecule is O=C(Nc1ccc(S(=O)(=O)N[C@H]2CCOC2=O)cc1)c1ccc([N+](=O)[O-])cc1. The zero-order valence-electron chi connectivity index (χ0n) is 14.3. The number of carbonyl (C=O) groups excluding carboxylic acids is 2. The maximum Gasteiger partial charge on any atom is 0.324 e. The number of nitrogens with zero attached hydrogens (tertiary/aromatic N) is 1. The maximum atomic E-state index is 12.3. The molecule has 0 bridgehead atoms. The number of amides is 1. The number of non-ortho nitro benzene ring substituents is 1. The van der Waals surface area contributed by atoms with Gasteiger partial charge in [0.25, 0.3) is 11.6 Å². The van der Waals surface area contributed by atoms with E-state index in [1.165, 1.54) is 48.5 Å². The minimum Gasteiger partial charge on any atom is -0.464 e. The first-order valence-corrected chi connectivity index (χ1v) is 9.59. The summed E-state index contributed by atoms with van der Waals surface area (Å²) in [6.07, 6.45) is 0.265. The molecule has 11 heteroatoms. The number of nitrogens with one attached hydrogen (secondary N) is 2. The number of carbonyl (C=O) groups is 2. The van der Waals surface area contributed by atoms with E-state index in [4.69, 9.17) is 4.74 Å². The van der Waals surface area contributed by atoms with Crippen LogP contribution >= 0.6 is 0 Å². The minimum absolute atomic E-state index is 0.0689. The second-order valence-electron chi connectivity index (χ2n) is 5.91. The van der Waals surface area contributed by atoms with Gasteiger partial charge in [-0.2, -0.15) is 4.72 Å². The number of sulfonamides is 1. The van der Waals surface area contributed by atoms with E-state index in [0.29, 0.717) is 5.69 Å². The number of benzene rings is 2. The molecule has 0 aromatic heterocycles. The van der Waals surface area contributed by atoms with Crippen molar-refractivity contribution in [1.82, 2.24) is 4.72 Å². The van der Waals surface area contributed by atoms with Crippen LogP contribution in [-0.2, 0) is 19.6 Å². The van der Waals surface area contributed by atoms with Crippen molar-refractivity contribution in [2.45, 2.75) is 17.4 Å². The lowest BCUT2D eigenvalue weighted by Gasteiger charge is -2.11. The highest BCUT2D eigenvalue weighted by Crippen LogP contribution is 2.18. The minimum atomic E-state index is -3.91. The van der Waals surface area contributed by atoms with Crippen LogP contribution in [0.2, 0.25) is 0 Å². The predicted octanol–water partition coefficient (Wildman–Crippen LogP) is 1.44. The summed E-state index contributed by atoms with van der Waals surface area (Å²) in [6, 6.07) is 9.51. The highest BCUT2D eigenvalue weighted by molar-refractivity contribution is 7.89. The molecule has 2 N–H and O–H groups in total. The normalized spacial score (nSPS) is 16.4. The Balaban J connectivity index is 1.67. The molecular formula is C17H15N3O7S. The van der Waals surface area contributed by atoms with Crippen LogP contribution in [0.1, 0.15) is 16.8 Å². The third kappa shape index (κ3) is 4.32. The van der Waals surface area contributed by atoms with Crippen molar-refractivity contribution >= 4 is 33.3 Å². The molecular weight excluding hydrogens is 390 g/mol. The Bertz CT molecular complexity index is 1020. The van der Waals surface area contributed by atoms with E-state index in [0.717, 1.165) is 0 Å². The molecule has 0 aliphatic carbocycles. The van der Waals surface area contributed by atoms with E-state index in [1.807, 2.05) is 0 Å². The summed E-state index contributed by atoms with van der Waals surface area (Å²) in [5, 5.41) is 13.2. The zero-order chi connectivity index (χ0) is 20.3. The quantitative estimate of drug-likeness (QED) is 0.420. The summed E-state index contributed by atoms with van der Waals surface area (Å²) in [6.45, 7) is 0.166. The van der Waals surface area contributed by atoms with Gasteiger partial charge in [0.2, 0.25) is 10.0 Å². The van der Waals surface area contributed by atoms with Crippen molar-refractivity contribution in [3.8, 4) is 0 Å². The number of nitro groups is 1. The molecule has 1 atom stereocenters. The third-order valence-corrected chi connectivity index (χ3v) is 5.48. The van der Waals surface area contributed by atoms with Gasteiger partial charge in [-0.25, -0.2) is 8.42 Å². The number of hydrogen-bond donors (Lipinski definition) is 2. The molecule has 0 spiro atoms. The summed E-state index contributed by atoms with van der Waals surface area (Å²) in [5.74, 6) is -1.12. The molecule has 10 nitrogen and oxygen atoms in total. The number of ether oxygens (including phenoxy) is 1. The molecule has 1 aliphatic heterocycles. The Hall–Kier alpha value is -3.31. The van der Waals surface area contributed by atoms with Crippen molar-refractivity contribution < 1.29 is 27.7 Å². The fourth-order valence-corrected chi connectivity index (χ4v) is 3.73. The molecule has 28 heavy (non-hydrogen) atoms. The summed E-state index contributed by atoms with van der Waals surface area (Å²) >= 11 is 0. The monoisotopic (exact) mass is 405 g/mol. The van der Waals surface area contributed by atoms with Gasteiger partial charge in [-0.3, -0.25) is 19.7 Å². The number of rotatable bonds is 6. The molecule has 1 fully saturated rings. The van der Waals surface area contributed by atoms with Crippen molar-refractivity contribution in [3.05, 3.63) is 64.2 Å². The van der Waals surface area contributed by atoms with Crippen molar-refractivity contribution in [1.29, 1.82) is 0 Å². The van der Waals surface area contributed by atoms with Gasteiger partial charge in [-0.1, -0.05) is 0 Å². The number of esters is 1. The van der Waals surface area contributed by atoms with Gasteiger partial charge in [0, 0.05) is 29.8 Å². The molecule has 3 rings (SSSR count). The van der Waals surface area contributed by atoms with E-state index < -0.39 is 32.9 Å². The molecule has 0 saturated carbocycles. The molecule has 146 valence electrons. The van der Waals surface area contributed by atoms with E-state index in [2.05, 4.69) is 10.0 Å². The van der Waals surface area contributed by atoms with Crippen LogP contribution in [0, 0.1) is 10.1 Å². The van der Waals surface area contributed by atoms with Crippen LogP contribution < -0.4 is 10.0 Å². The summed E-state index contributed by atoms with van der Waals surface area (Å²) < 4.78 is 31.6. The average Bonchev–Trinajstić information content (AvgIpc) is 3.06. The standard InChI is InChI=1S/C17H15N3O7S/c21-16(11-1-5-13(6-2-11)20(23)24)18-12-3-7-14(8-4-12)28(25,26)19-15-9-10-27-17(15)22/h1-8,15,19H,9-10H2,(H,18,21)/t15-/m0/s1. The number of cyclic esters (lactones) is 1. The Labute approximate surface area is 159 Å². The van der Waals surface area contributed by atoms with Crippen molar-refractivity contribution in [2.75, 3.05) is 11.9 Å². The molecule has 2 aromatic carbocycles. The van der Waals surface area contributed by atoms with Gasteiger partial charge < -0.3 is 10.1 Å². The Kier molecular flexibility index (Phi) is 5.38. The number of hydrogen-bond acceptors (Lipinski definition) is 7. The summed E-state index contributed by atoms with van der Waals surface area (Å²) in [7, 11) is -3.91. The lowest BCUT2D eigenvalue weighted by atomic mass is 10.2. The van der Waals surface area contributed by atoms with Gasteiger partial charge in [0.1, 0.15) is 6.04 Å². The highest BCUT2D eigenvalue weighted by Gasteiger charge is 2.31. The first-order chi connectivity index (χ1) is 13.3. The molecule has 1 amide bonds. The lowest BCUT2D eigenvalue weighted by molar-refractivity contribution is -0.384. The first kappa shape index (κ1) is 19.5. The number of nitro benzene ring substituents is 1. The van der Waals surface area contributed by atoms with E-state index in [9.17, 15) is 28.1 Å². The van der Waals surface area contributed by atoms with Gasteiger partial charge in [0.05, 0.1) is 16.4 Å². The van der Waals surface area contributed by atoms with E-state index in [-0.39, 0.29) is 29.2 Å². The van der Waals surface area contributed by atoms with Gasteiger partial charge >= 0.3 is 5.97 Å². The fraction of sp³-hybridized carbons (Fsp3) is 0.176. The topological polar surface area (TPSA) is 145 Å². The second kappa shape index (κ2) is 7.74. The van der Waals surface area contributed by atoms with Crippen LogP contribution in [-0.4, -0.2) is 37.9 Å². The predicted molar refractivity (Wildman–Crippen MR) is 97.2 cm³/mol. The summed E-state index contributed by atoms with van der Waals surface area (Å²) in [5.41, 5.74) is 0.413. The molecule has 0 unspecified atom stereocenters. The molecule has 2 aromatic rings. The van der Waals surface area contributed by atoms with Crippen LogP contribution in [0.3, 0.4) is 0 Å². The zero-order valence-corrected chi connectivity index (χ0v) is 15.1. The van der Waals surface area contributed by atoms with Gasteiger partial charge in [0.15, 0.2) is 0 Å². The molecule has 1 aliphatic rings. The van der Waals surface area contributed by atoms with Crippen LogP contribution in [0.15, 0.2) is 53.4 Å². The van der Waals surface area contributed by atoms with Gasteiger partial charge in [-0.05, 0) is 36.4 Å². The van der Waals surface area contributed by atoms with Crippen molar-refractivity contribution in [2.24, 2.45) is 0 Å². The smallest absolute Gasteiger partial charge is 0.324 e. The Morgan fingerprint density at radius 2 is 1.75 bits per heavy atom. The van der Waals surface area contributed by atoms with Crippen LogP contribution in [0.25, 0.3) is 0 Å². The Morgan fingerprint density at radius 3 is 2.29 bits per heavy atom. The third-order valence-electron chi connectivity index (χ3n) is 4.00. The largest absolute Gasteiger partial charge is 0.464 e. The lowest BCUT2D eigenvalue weighted by Crippen LogP contribution is -2.37. The van der Waals surface area contributed by atoms with Crippen LogP contribution in [0.4, 0.5) is 11.4 Å². The molecule has 1 saturated heterocycles. The summed E-state index contributed by atoms with van der Waals surface area (Å²) in [4.78, 5) is 33.6. The maximum absolute atomic E-state index is 12.3. The Morgan fingerprint density at radius 1 is 1.11 bits per heavy atom. The number of anilines is 1. The van der Waals surface area contributed by atoms with Crippen molar-refractivity contribution in [3.63, 3.8) is 0 Å². The molecule has 0 radical (unpaired) electrons. The average molecular weight is 405 g/mol. The second-order valence-corrected chi connectivity index (χ2v) is 7.63.